The van der Waals surface area contributed by atoms with E-state index >= 15 is 0 Å². The highest BCUT2D eigenvalue weighted by Gasteiger charge is 2.59. The van der Waals surface area contributed by atoms with Crippen LogP contribution in [0.2, 0.25) is 0 Å². The van der Waals surface area contributed by atoms with Gasteiger partial charge in [-0.1, -0.05) is 6.92 Å². The van der Waals surface area contributed by atoms with Crippen molar-refractivity contribution in [1.82, 2.24) is 14.5 Å². The molecule has 2 saturated carbocycles. The molecule has 3 aromatic rings. The molecule has 2 heterocycles. The highest BCUT2D eigenvalue weighted by Crippen LogP contribution is 2.64. The summed E-state index contributed by atoms with van der Waals surface area (Å²) in [6, 6.07) is 6.04. The van der Waals surface area contributed by atoms with Crippen LogP contribution >= 0.6 is 0 Å². The number of nitrogens with one attached hydrogen (secondary N) is 1. The molecule has 2 aliphatic rings. The van der Waals surface area contributed by atoms with Gasteiger partial charge in [0.1, 0.15) is 0 Å². The standard InChI is InChI=1S/C22H22F2N4O2/c1-11(22(29)27-12-3-4-20(30-2)25-9-12)21-14-5-13(6-15(14)21)28-10-26-18-7-16(23)17(24)8-19(18)28/h3-4,7-11,13-15,21H,5-6H2,1-2H3,(H,27,29)/t11?,13?,14-,15+,21?. The molecule has 0 saturated heterocycles. The van der Waals surface area contributed by atoms with E-state index in [1.165, 1.54) is 6.07 Å². The first-order valence-corrected chi connectivity index (χ1v) is 10.1. The van der Waals surface area contributed by atoms with Gasteiger partial charge >= 0.3 is 0 Å². The summed E-state index contributed by atoms with van der Waals surface area (Å²) in [5, 5.41) is 2.93. The summed E-state index contributed by atoms with van der Waals surface area (Å²) in [7, 11) is 1.54. The number of hydrogen-bond acceptors (Lipinski definition) is 4. The van der Waals surface area contributed by atoms with Crippen molar-refractivity contribution in [3.05, 3.63) is 48.4 Å². The lowest BCUT2D eigenvalue weighted by atomic mass is 9.96. The van der Waals surface area contributed by atoms with Crippen molar-refractivity contribution >= 4 is 22.6 Å². The van der Waals surface area contributed by atoms with E-state index in [0.717, 1.165) is 18.9 Å². The average molecular weight is 412 g/mol. The molecule has 0 aliphatic heterocycles. The molecule has 3 unspecified atom stereocenters. The highest BCUT2D eigenvalue weighted by atomic mass is 19.2. The summed E-state index contributed by atoms with van der Waals surface area (Å²) in [5.41, 5.74) is 1.73. The number of benzene rings is 1. The Balaban J connectivity index is 1.23. The van der Waals surface area contributed by atoms with Crippen LogP contribution in [0.15, 0.2) is 36.8 Å². The van der Waals surface area contributed by atoms with Crippen LogP contribution in [0.3, 0.4) is 0 Å². The number of methoxy groups -OCH3 is 1. The maximum absolute atomic E-state index is 13.7. The zero-order valence-corrected chi connectivity index (χ0v) is 16.7. The number of carbonyl (C=O) groups excluding carboxylic acids is 1. The number of anilines is 1. The largest absolute Gasteiger partial charge is 0.481 e. The van der Waals surface area contributed by atoms with Crippen molar-refractivity contribution < 1.29 is 18.3 Å². The Labute approximate surface area is 172 Å². The molecule has 5 rings (SSSR count). The molecule has 8 heteroatoms. The zero-order chi connectivity index (χ0) is 21.0. The molecular weight excluding hydrogens is 390 g/mol. The molecule has 1 aromatic carbocycles. The van der Waals surface area contributed by atoms with Crippen molar-refractivity contribution in [1.29, 1.82) is 0 Å². The van der Waals surface area contributed by atoms with Crippen LogP contribution in [-0.4, -0.2) is 27.6 Å². The number of amides is 1. The van der Waals surface area contributed by atoms with Gasteiger partial charge in [0.05, 0.1) is 36.4 Å². The normalized spacial score (nSPS) is 25.7. The number of imidazole rings is 1. The van der Waals surface area contributed by atoms with E-state index in [4.69, 9.17) is 4.74 Å². The lowest BCUT2D eigenvalue weighted by Crippen LogP contribution is -2.24. The van der Waals surface area contributed by atoms with Crippen LogP contribution in [0.25, 0.3) is 11.0 Å². The van der Waals surface area contributed by atoms with Crippen LogP contribution in [0, 0.1) is 35.3 Å². The predicted octanol–water partition coefficient (Wildman–Crippen LogP) is 4.19. The summed E-state index contributed by atoms with van der Waals surface area (Å²) in [6.07, 6.45) is 5.09. The van der Waals surface area contributed by atoms with E-state index in [1.807, 2.05) is 11.5 Å². The number of carbonyl (C=O) groups is 1. The second-order valence-electron chi connectivity index (χ2n) is 8.30. The Morgan fingerprint density at radius 2 is 1.93 bits per heavy atom. The minimum Gasteiger partial charge on any atom is -0.481 e. The van der Waals surface area contributed by atoms with Crippen molar-refractivity contribution in [3.8, 4) is 5.88 Å². The van der Waals surface area contributed by atoms with E-state index in [9.17, 15) is 13.6 Å². The Morgan fingerprint density at radius 3 is 2.60 bits per heavy atom. The Hall–Kier alpha value is -3.03. The third-order valence-electron chi connectivity index (χ3n) is 6.70. The van der Waals surface area contributed by atoms with Gasteiger partial charge in [0, 0.05) is 30.2 Å². The molecule has 0 radical (unpaired) electrons. The Bertz CT molecular complexity index is 1100. The fourth-order valence-electron chi connectivity index (χ4n) is 5.15. The van der Waals surface area contributed by atoms with Crippen molar-refractivity contribution in [2.24, 2.45) is 23.7 Å². The molecule has 0 spiro atoms. The van der Waals surface area contributed by atoms with Crippen LogP contribution in [-0.2, 0) is 4.79 Å². The molecule has 2 aliphatic carbocycles. The summed E-state index contributed by atoms with van der Waals surface area (Å²) in [6.45, 7) is 1.97. The summed E-state index contributed by atoms with van der Waals surface area (Å²) in [4.78, 5) is 21.0. The van der Waals surface area contributed by atoms with E-state index < -0.39 is 11.6 Å². The molecule has 1 amide bonds. The third kappa shape index (κ3) is 3.11. The van der Waals surface area contributed by atoms with Crippen LogP contribution in [0.5, 0.6) is 5.88 Å². The Kier molecular flexibility index (Phi) is 4.45. The van der Waals surface area contributed by atoms with E-state index in [0.29, 0.717) is 40.4 Å². The van der Waals surface area contributed by atoms with Gasteiger partial charge in [0.25, 0.3) is 0 Å². The molecule has 5 atom stereocenters. The van der Waals surface area contributed by atoms with Crippen LogP contribution < -0.4 is 10.1 Å². The first-order valence-electron chi connectivity index (χ1n) is 10.1. The molecule has 6 nitrogen and oxygen atoms in total. The number of pyridine rings is 1. The average Bonchev–Trinajstić information content (AvgIpc) is 3.05. The maximum Gasteiger partial charge on any atom is 0.227 e. The third-order valence-corrected chi connectivity index (χ3v) is 6.70. The van der Waals surface area contributed by atoms with Crippen molar-refractivity contribution in [2.45, 2.75) is 25.8 Å². The summed E-state index contributed by atoms with van der Waals surface area (Å²) >= 11 is 0. The number of fused-ring (bicyclic) bond motifs is 2. The second-order valence-corrected chi connectivity index (χ2v) is 8.30. The Morgan fingerprint density at radius 1 is 1.20 bits per heavy atom. The molecular formula is C22H22F2N4O2. The minimum atomic E-state index is -0.881. The van der Waals surface area contributed by atoms with Gasteiger partial charge in [0.15, 0.2) is 11.6 Å². The maximum atomic E-state index is 13.7. The summed E-state index contributed by atoms with van der Waals surface area (Å²) < 4.78 is 34.1. The topological polar surface area (TPSA) is 69.0 Å². The molecule has 156 valence electrons. The number of nitrogens with zero attached hydrogens (tertiary/aromatic N) is 3. The number of hydrogen-bond donors (Lipinski definition) is 1. The zero-order valence-electron chi connectivity index (χ0n) is 16.7. The van der Waals surface area contributed by atoms with Crippen LogP contribution in [0.4, 0.5) is 14.5 Å². The van der Waals surface area contributed by atoms with Gasteiger partial charge in [-0.05, 0) is 36.7 Å². The van der Waals surface area contributed by atoms with Gasteiger partial charge in [-0.2, -0.15) is 0 Å². The first-order chi connectivity index (χ1) is 14.5. The van der Waals surface area contributed by atoms with Gasteiger partial charge < -0.3 is 14.6 Å². The lowest BCUT2D eigenvalue weighted by molar-refractivity contribution is -0.120. The van der Waals surface area contributed by atoms with E-state index in [2.05, 4.69) is 15.3 Å². The molecule has 0 bridgehead atoms. The SMILES string of the molecule is COc1ccc(NC(=O)C(C)C2[C@H]3CC(n4cnc5cc(F)c(F)cc54)C[C@@H]23)cn1. The van der Waals surface area contributed by atoms with Gasteiger partial charge in [-0.3, -0.25) is 4.79 Å². The monoisotopic (exact) mass is 412 g/mol. The molecule has 2 fully saturated rings. The lowest BCUT2D eigenvalue weighted by Gasteiger charge is -2.19. The first kappa shape index (κ1) is 19.0. The van der Waals surface area contributed by atoms with Gasteiger partial charge in [-0.15, -0.1) is 0 Å². The molecule has 2 aromatic heterocycles. The molecule has 30 heavy (non-hydrogen) atoms. The highest BCUT2D eigenvalue weighted by molar-refractivity contribution is 5.92. The number of ether oxygens (including phenoxy) is 1. The quantitative estimate of drug-likeness (QED) is 0.682. The van der Waals surface area contributed by atoms with Gasteiger partial charge in [0.2, 0.25) is 11.8 Å². The predicted molar refractivity (Wildman–Crippen MR) is 107 cm³/mol. The van der Waals surface area contributed by atoms with Crippen LogP contribution in [0.1, 0.15) is 25.8 Å². The number of aromatic nitrogens is 3. The number of halogens is 2. The van der Waals surface area contributed by atoms with Crippen molar-refractivity contribution in [3.63, 3.8) is 0 Å². The van der Waals surface area contributed by atoms with E-state index in [-0.39, 0.29) is 17.9 Å². The minimum absolute atomic E-state index is 0.0106. The second kappa shape index (κ2) is 7.04. The van der Waals surface area contributed by atoms with E-state index in [1.54, 1.807) is 31.8 Å². The summed E-state index contributed by atoms with van der Waals surface area (Å²) in [5.74, 6) is -0.0786. The smallest absolute Gasteiger partial charge is 0.227 e. The van der Waals surface area contributed by atoms with Gasteiger partial charge in [-0.25, -0.2) is 18.7 Å². The number of rotatable bonds is 5. The van der Waals surface area contributed by atoms with Crippen molar-refractivity contribution in [2.75, 3.05) is 12.4 Å². The fraction of sp³-hybridized carbons (Fsp3) is 0.409. The molecule has 1 N–H and O–H groups in total. The fourth-order valence-corrected chi connectivity index (χ4v) is 5.15.